The molecule has 1 aromatic rings. The highest BCUT2D eigenvalue weighted by Gasteiger charge is 2.43. The Labute approximate surface area is 109 Å². The molecule has 0 bridgehead atoms. The molecule has 0 atom stereocenters. The Morgan fingerprint density at radius 3 is 2.39 bits per heavy atom. The molecule has 3 nitrogen and oxygen atoms in total. The number of hydrogen-bond acceptors (Lipinski definition) is 2. The van der Waals surface area contributed by atoms with Gasteiger partial charge in [-0.15, -0.1) is 0 Å². The Balaban J connectivity index is 1.65. The lowest BCUT2D eigenvalue weighted by Gasteiger charge is -2.42. The van der Waals surface area contributed by atoms with Crippen molar-refractivity contribution in [2.45, 2.75) is 63.4 Å². The van der Waals surface area contributed by atoms with Gasteiger partial charge in [-0.2, -0.15) is 0 Å². The zero-order chi connectivity index (χ0) is 12.6. The van der Waals surface area contributed by atoms with Crippen LogP contribution in [-0.2, 0) is 13.5 Å². The van der Waals surface area contributed by atoms with Crippen molar-refractivity contribution >= 4 is 0 Å². The van der Waals surface area contributed by atoms with Crippen molar-refractivity contribution in [2.75, 3.05) is 0 Å². The highest BCUT2D eigenvalue weighted by atomic mass is 16.3. The van der Waals surface area contributed by atoms with E-state index in [2.05, 4.69) is 4.98 Å². The van der Waals surface area contributed by atoms with Crippen LogP contribution in [0.2, 0.25) is 0 Å². The number of rotatable bonds is 2. The monoisotopic (exact) mass is 248 g/mol. The van der Waals surface area contributed by atoms with Crippen molar-refractivity contribution in [3.63, 3.8) is 0 Å². The Morgan fingerprint density at radius 2 is 1.83 bits per heavy atom. The molecule has 0 aliphatic heterocycles. The summed E-state index contributed by atoms with van der Waals surface area (Å²) in [5.74, 6) is 1.01. The van der Waals surface area contributed by atoms with Gasteiger partial charge in [-0.3, -0.25) is 0 Å². The maximum Gasteiger partial charge on any atom is 0.111 e. The zero-order valence-corrected chi connectivity index (χ0v) is 11.4. The minimum absolute atomic E-state index is 0.507. The van der Waals surface area contributed by atoms with Crippen LogP contribution in [0.1, 0.15) is 57.2 Å². The van der Waals surface area contributed by atoms with Crippen molar-refractivity contribution in [1.82, 2.24) is 9.55 Å². The molecule has 0 amide bonds. The molecule has 0 unspecified atom stereocenters. The molecule has 3 heteroatoms. The summed E-state index contributed by atoms with van der Waals surface area (Å²) in [6, 6.07) is 0. The fraction of sp³-hybridized carbons (Fsp3) is 0.800. The summed E-state index contributed by atoms with van der Waals surface area (Å²) in [6.07, 6.45) is 14.4. The van der Waals surface area contributed by atoms with Crippen molar-refractivity contribution in [3.05, 3.63) is 18.2 Å². The predicted molar refractivity (Wildman–Crippen MR) is 71.2 cm³/mol. The summed E-state index contributed by atoms with van der Waals surface area (Å²) in [7, 11) is 2.01. The standard InChI is InChI=1S/C15H24N2O/c1-17-11-10-16-13(17)12-15(18)8-6-14(7-9-15)4-2-3-5-14/h10-11,18H,2-9,12H2,1H3. The van der Waals surface area contributed by atoms with Crippen LogP contribution in [0.25, 0.3) is 0 Å². The fourth-order valence-corrected chi connectivity index (χ4v) is 3.91. The van der Waals surface area contributed by atoms with E-state index in [9.17, 15) is 5.11 Å². The molecular weight excluding hydrogens is 224 g/mol. The number of aliphatic hydroxyl groups is 1. The number of nitrogens with zero attached hydrogens (tertiary/aromatic N) is 2. The zero-order valence-electron chi connectivity index (χ0n) is 11.4. The van der Waals surface area contributed by atoms with Gasteiger partial charge in [-0.1, -0.05) is 12.8 Å². The van der Waals surface area contributed by atoms with E-state index in [1.165, 1.54) is 38.5 Å². The molecule has 2 aliphatic rings. The van der Waals surface area contributed by atoms with Crippen LogP contribution in [0.15, 0.2) is 12.4 Å². The summed E-state index contributed by atoms with van der Waals surface area (Å²) < 4.78 is 2.03. The lowest BCUT2D eigenvalue weighted by molar-refractivity contribution is -0.0339. The second kappa shape index (κ2) is 4.37. The minimum atomic E-state index is -0.507. The average Bonchev–Trinajstić information content (AvgIpc) is 2.96. The molecule has 100 valence electrons. The first-order valence-electron chi connectivity index (χ1n) is 7.30. The molecular formula is C15H24N2O. The van der Waals surface area contributed by atoms with Crippen LogP contribution in [-0.4, -0.2) is 20.3 Å². The lowest BCUT2D eigenvalue weighted by atomic mass is 9.67. The summed E-state index contributed by atoms with van der Waals surface area (Å²) in [5.41, 5.74) is 0.0841. The van der Waals surface area contributed by atoms with E-state index < -0.39 is 5.60 Å². The molecule has 1 N–H and O–H groups in total. The van der Waals surface area contributed by atoms with Gasteiger partial charge in [0.2, 0.25) is 0 Å². The number of aryl methyl sites for hydroxylation is 1. The van der Waals surface area contributed by atoms with E-state index in [0.717, 1.165) is 18.7 Å². The molecule has 0 saturated heterocycles. The van der Waals surface area contributed by atoms with Gasteiger partial charge in [0.1, 0.15) is 5.82 Å². The van der Waals surface area contributed by atoms with Crippen LogP contribution in [0.5, 0.6) is 0 Å². The second-order valence-electron chi connectivity index (χ2n) is 6.56. The molecule has 0 radical (unpaired) electrons. The molecule has 0 aromatic carbocycles. The van der Waals surface area contributed by atoms with Crippen LogP contribution < -0.4 is 0 Å². The van der Waals surface area contributed by atoms with Gasteiger partial charge in [0.05, 0.1) is 5.60 Å². The largest absolute Gasteiger partial charge is 0.389 e. The Hall–Kier alpha value is -0.830. The summed E-state index contributed by atoms with van der Waals surface area (Å²) >= 11 is 0. The van der Waals surface area contributed by atoms with E-state index in [4.69, 9.17) is 0 Å². The quantitative estimate of drug-likeness (QED) is 0.874. The van der Waals surface area contributed by atoms with Gasteiger partial charge in [-0.25, -0.2) is 4.98 Å². The first-order chi connectivity index (χ1) is 8.61. The Morgan fingerprint density at radius 1 is 1.17 bits per heavy atom. The number of aromatic nitrogens is 2. The third kappa shape index (κ3) is 2.20. The first-order valence-corrected chi connectivity index (χ1v) is 7.30. The summed E-state index contributed by atoms with van der Waals surface area (Å²) in [6.45, 7) is 0. The summed E-state index contributed by atoms with van der Waals surface area (Å²) in [4.78, 5) is 4.35. The van der Waals surface area contributed by atoms with E-state index in [1.807, 2.05) is 24.0 Å². The third-order valence-corrected chi connectivity index (χ3v) is 5.31. The van der Waals surface area contributed by atoms with Crippen LogP contribution in [0.4, 0.5) is 0 Å². The van der Waals surface area contributed by atoms with Gasteiger partial charge in [0, 0.05) is 25.9 Å². The summed E-state index contributed by atoms with van der Waals surface area (Å²) in [5, 5.41) is 10.8. The van der Waals surface area contributed by atoms with Crippen molar-refractivity contribution in [3.8, 4) is 0 Å². The molecule has 2 saturated carbocycles. The van der Waals surface area contributed by atoms with Gasteiger partial charge in [-0.05, 0) is 43.9 Å². The highest BCUT2D eigenvalue weighted by Crippen LogP contribution is 2.51. The van der Waals surface area contributed by atoms with E-state index >= 15 is 0 Å². The SMILES string of the molecule is Cn1ccnc1CC1(O)CCC2(CCCC2)CC1. The predicted octanol–water partition coefficient (Wildman–Crippen LogP) is 2.83. The molecule has 18 heavy (non-hydrogen) atoms. The van der Waals surface area contributed by atoms with E-state index in [-0.39, 0.29) is 0 Å². The number of imidazole rings is 1. The van der Waals surface area contributed by atoms with Gasteiger partial charge < -0.3 is 9.67 Å². The van der Waals surface area contributed by atoms with Gasteiger partial charge in [0.15, 0.2) is 0 Å². The van der Waals surface area contributed by atoms with Crippen LogP contribution in [0.3, 0.4) is 0 Å². The van der Waals surface area contributed by atoms with Crippen LogP contribution >= 0.6 is 0 Å². The maximum absolute atomic E-state index is 10.8. The molecule has 1 spiro atoms. The minimum Gasteiger partial charge on any atom is -0.389 e. The third-order valence-electron chi connectivity index (χ3n) is 5.31. The van der Waals surface area contributed by atoms with Gasteiger partial charge >= 0.3 is 0 Å². The normalized spacial score (nSPS) is 25.7. The van der Waals surface area contributed by atoms with E-state index in [1.54, 1.807) is 0 Å². The molecule has 1 heterocycles. The average molecular weight is 248 g/mol. The molecule has 1 aromatic heterocycles. The maximum atomic E-state index is 10.8. The topological polar surface area (TPSA) is 38.0 Å². The second-order valence-corrected chi connectivity index (χ2v) is 6.56. The lowest BCUT2D eigenvalue weighted by Crippen LogP contribution is -2.40. The van der Waals surface area contributed by atoms with Crippen LogP contribution in [0, 0.1) is 5.41 Å². The van der Waals surface area contributed by atoms with Crippen molar-refractivity contribution in [1.29, 1.82) is 0 Å². The molecule has 2 aliphatic carbocycles. The Kier molecular flexibility index (Phi) is 2.97. The van der Waals surface area contributed by atoms with Crippen molar-refractivity contribution < 1.29 is 5.11 Å². The Bertz CT molecular complexity index is 408. The molecule has 3 rings (SSSR count). The number of hydrogen-bond donors (Lipinski definition) is 1. The van der Waals surface area contributed by atoms with Crippen molar-refractivity contribution in [2.24, 2.45) is 12.5 Å². The highest BCUT2D eigenvalue weighted by molar-refractivity contribution is 5.02. The first kappa shape index (κ1) is 12.2. The smallest absolute Gasteiger partial charge is 0.111 e. The molecule has 2 fully saturated rings. The fourth-order valence-electron chi connectivity index (χ4n) is 3.91. The van der Waals surface area contributed by atoms with E-state index in [0.29, 0.717) is 11.8 Å². The van der Waals surface area contributed by atoms with Gasteiger partial charge in [0.25, 0.3) is 0 Å².